The molecule has 0 aromatic heterocycles. The Kier molecular flexibility index (Phi) is 3.70. The Morgan fingerprint density at radius 2 is 1.75 bits per heavy atom. The van der Waals surface area contributed by atoms with Crippen LogP contribution >= 0.6 is 0 Å². The summed E-state index contributed by atoms with van der Waals surface area (Å²) in [5, 5.41) is 0. The number of Topliss-reactive ketones (excluding diaryl/α,β-unsaturated/α-hetero) is 1. The van der Waals surface area contributed by atoms with Crippen molar-refractivity contribution in [1.82, 2.24) is 0 Å². The molecular weight excluding hydrogens is 203 g/mol. The first-order valence-corrected chi connectivity index (χ1v) is 6.04. The van der Waals surface area contributed by atoms with Crippen molar-refractivity contribution in [3.05, 3.63) is 35.6 Å². The summed E-state index contributed by atoms with van der Waals surface area (Å²) in [7, 11) is 0. The lowest BCUT2D eigenvalue weighted by molar-refractivity contribution is 0.0950. The normalized spacial score (nSPS) is 17.3. The molecule has 0 atom stereocenters. The van der Waals surface area contributed by atoms with Crippen LogP contribution in [0.25, 0.3) is 0 Å². The Bertz CT molecular complexity index is 350. The second-order valence-corrected chi connectivity index (χ2v) is 4.64. The monoisotopic (exact) mass is 220 g/mol. The van der Waals surface area contributed by atoms with Gasteiger partial charge in [-0.2, -0.15) is 0 Å². The van der Waals surface area contributed by atoms with E-state index in [0.29, 0.717) is 17.9 Å². The van der Waals surface area contributed by atoms with E-state index in [0.717, 1.165) is 0 Å². The molecule has 1 nitrogen and oxygen atoms in total. The molecule has 16 heavy (non-hydrogen) atoms. The molecule has 0 unspecified atom stereocenters. The van der Waals surface area contributed by atoms with Crippen LogP contribution in [0.2, 0.25) is 0 Å². The van der Waals surface area contributed by atoms with Crippen molar-refractivity contribution >= 4 is 5.78 Å². The summed E-state index contributed by atoms with van der Waals surface area (Å²) in [5.41, 5.74) is 0.645. The van der Waals surface area contributed by atoms with E-state index in [1.165, 1.54) is 44.2 Å². The van der Waals surface area contributed by atoms with Crippen LogP contribution in [0.3, 0.4) is 0 Å². The maximum Gasteiger partial charge on any atom is 0.163 e. The number of benzene rings is 1. The first-order chi connectivity index (χ1) is 7.75. The molecule has 1 saturated carbocycles. The van der Waals surface area contributed by atoms with Gasteiger partial charge in [-0.1, -0.05) is 32.1 Å². The van der Waals surface area contributed by atoms with E-state index >= 15 is 0 Å². The molecule has 0 aliphatic heterocycles. The average Bonchev–Trinajstić information content (AvgIpc) is 2.31. The number of halogens is 1. The van der Waals surface area contributed by atoms with Crippen LogP contribution in [0, 0.1) is 11.7 Å². The molecule has 2 heteroatoms. The molecule has 0 amide bonds. The third-order valence-electron chi connectivity index (χ3n) is 3.37. The molecule has 1 fully saturated rings. The van der Waals surface area contributed by atoms with Gasteiger partial charge in [-0.05, 0) is 30.2 Å². The number of rotatable bonds is 3. The molecule has 0 spiro atoms. The number of carbonyl (C=O) groups is 1. The lowest BCUT2D eigenvalue weighted by atomic mass is 9.85. The first kappa shape index (κ1) is 11.3. The molecule has 1 aliphatic carbocycles. The highest BCUT2D eigenvalue weighted by Gasteiger charge is 2.17. The highest BCUT2D eigenvalue weighted by molar-refractivity contribution is 5.96. The quantitative estimate of drug-likeness (QED) is 0.704. The van der Waals surface area contributed by atoms with Gasteiger partial charge in [0.2, 0.25) is 0 Å². The second kappa shape index (κ2) is 5.24. The fraction of sp³-hybridized carbons (Fsp3) is 0.500. The van der Waals surface area contributed by atoms with E-state index in [-0.39, 0.29) is 11.6 Å². The molecule has 0 heterocycles. The van der Waals surface area contributed by atoms with Crippen molar-refractivity contribution in [3.8, 4) is 0 Å². The molecule has 1 aromatic rings. The Labute approximate surface area is 95.7 Å². The largest absolute Gasteiger partial charge is 0.294 e. The van der Waals surface area contributed by atoms with Crippen molar-refractivity contribution in [2.75, 3.05) is 0 Å². The van der Waals surface area contributed by atoms with Gasteiger partial charge in [0.25, 0.3) is 0 Å². The third kappa shape index (κ3) is 2.91. The van der Waals surface area contributed by atoms with Crippen LogP contribution in [0.1, 0.15) is 48.9 Å². The molecule has 0 radical (unpaired) electrons. The smallest absolute Gasteiger partial charge is 0.163 e. The summed E-state index contributed by atoms with van der Waals surface area (Å²) in [4.78, 5) is 11.9. The van der Waals surface area contributed by atoms with Gasteiger partial charge in [0, 0.05) is 12.0 Å². The minimum Gasteiger partial charge on any atom is -0.294 e. The SMILES string of the molecule is O=C(CC1CCCCC1)c1ccc(F)cc1. The van der Waals surface area contributed by atoms with Crippen molar-refractivity contribution in [2.24, 2.45) is 5.92 Å². The minimum atomic E-state index is -0.283. The van der Waals surface area contributed by atoms with Gasteiger partial charge in [-0.3, -0.25) is 4.79 Å². The summed E-state index contributed by atoms with van der Waals surface area (Å²) in [6.07, 6.45) is 6.79. The molecule has 0 saturated heterocycles. The zero-order valence-corrected chi connectivity index (χ0v) is 9.42. The maximum absolute atomic E-state index is 12.7. The Morgan fingerprint density at radius 3 is 2.38 bits per heavy atom. The second-order valence-electron chi connectivity index (χ2n) is 4.64. The van der Waals surface area contributed by atoms with Crippen molar-refractivity contribution < 1.29 is 9.18 Å². The fourth-order valence-corrected chi connectivity index (χ4v) is 2.41. The van der Waals surface area contributed by atoms with Crippen LogP contribution in [-0.4, -0.2) is 5.78 Å². The van der Waals surface area contributed by atoms with Gasteiger partial charge in [0.05, 0.1) is 0 Å². The van der Waals surface area contributed by atoms with Gasteiger partial charge in [-0.25, -0.2) is 4.39 Å². The fourth-order valence-electron chi connectivity index (χ4n) is 2.41. The van der Waals surface area contributed by atoms with Crippen LogP contribution in [0.4, 0.5) is 4.39 Å². The Morgan fingerprint density at radius 1 is 1.12 bits per heavy atom. The Hall–Kier alpha value is -1.18. The average molecular weight is 220 g/mol. The number of ketones is 1. The van der Waals surface area contributed by atoms with Crippen molar-refractivity contribution in [2.45, 2.75) is 38.5 Å². The minimum absolute atomic E-state index is 0.159. The van der Waals surface area contributed by atoms with E-state index < -0.39 is 0 Å². The molecule has 0 N–H and O–H groups in total. The van der Waals surface area contributed by atoms with E-state index in [4.69, 9.17) is 0 Å². The van der Waals surface area contributed by atoms with Crippen LogP contribution < -0.4 is 0 Å². The zero-order valence-electron chi connectivity index (χ0n) is 9.42. The van der Waals surface area contributed by atoms with E-state index in [2.05, 4.69) is 0 Å². The highest BCUT2D eigenvalue weighted by atomic mass is 19.1. The van der Waals surface area contributed by atoms with Crippen molar-refractivity contribution in [3.63, 3.8) is 0 Å². The molecule has 86 valence electrons. The number of hydrogen-bond acceptors (Lipinski definition) is 1. The van der Waals surface area contributed by atoms with Crippen molar-refractivity contribution in [1.29, 1.82) is 0 Å². The summed E-state index contributed by atoms with van der Waals surface area (Å²) in [5.74, 6) is 0.424. The van der Waals surface area contributed by atoms with E-state index in [1.54, 1.807) is 12.1 Å². The third-order valence-corrected chi connectivity index (χ3v) is 3.37. The lowest BCUT2D eigenvalue weighted by Crippen LogP contribution is -2.12. The number of carbonyl (C=O) groups excluding carboxylic acids is 1. The summed E-state index contributed by atoms with van der Waals surface area (Å²) in [6, 6.07) is 5.88. The van der Waals surface area contributed by atoms with Crippen LogP contribution in [-0.2, 0) is 0 Å². The summed E-state index contributed by atoms with van der Waals surface area (Å²) < 4.78 is 12.7. The molecule has 0 bridgehead atoms. The number of hydrogen-bond donors (Lipinski definition) is 0. The standard InChI is InChI=1S/C14H17FO/c15-13-8-6-12(7-9-13)14(16)10-11-4-2-1-3-5-11/h6-9,11H,1-5,10H2. The summed E-state index contributed by atoms with van der Waals surface area (Å²) >= 11 is 0. The lowest BCUT2D eigenvalue weighted by Gasteiger charge is -2.20. The molecule has 2 rings (SSSR count). The van der Waals surface area contributed by atoms with Gasteiger partial charge in [0.1, 0.15) is 5.82 Å². The predicted molar refractivity (Wildman–Crippen MR) is 61.9 cm³/mol. The topological polar surface area (TPSA) is 17.1 Å². The first-order valence-electron chi connectivity index (χ1n) is 6.04. The molecule has 1 aromatic carbocycles. The van der Waals surface area contributed by atoms with Gasteiger partial charge in [0.15, 0.2) is 5.78 Å². The zero-order chi connectivity index (χ0) is 11.4. The van der Waals surface area contributed by atoms with E-state index in [1.807, 2.05) is 0 Å². The summed E-state index contributed by atoms with van der Waals surface area (Å²) in [6.45, 7) is 0. The van der Waals surface area contributed by atoms with Gasteiger partial charge >= 0.3 is 0 Å². The molecule has 1 aliphatic rings. The van der Waals surface area contributed by atoms with Gasteiger partial charge < -0.3 is 0 Å². The van der Waals surface area contributed by atoms with Crippen LogP contribution in [0.15, 0.2) is 24.3 Å². The van der Waals surface area contributed by atoms with E-state index in [9.17, 15) is 9.18 Å². The van der Waals surface area contributed by atoms with Crippen LogP contribution in [0.5, 0.6) is 0 Å². The molecular formula is C14H17FO. The highest BCUT2D eigenvalue weighted by Crippen LogP contribution is 2.27. The van der Waals surface area contributed by atoms with Gasteiger partial charge in [-0.15, -0.1) is 0 Å². The Balaban J connectivity index is 1.94. The maximum atomic E-state index is 12.7. The predicted octanol–water partition coefficient (Wildman–Crippen LogP) is 3.98.